The largest absolute Gasteiger partial charge is 0.312 e. The van der Waals surface area contributed by atoms with Crippen LogP contribution in [0.15, 0.2) is 0 Å². The van der Waals surface area contributed by atoms with Gasteiger partial charge >= 0.3 is 0 Å². The van der Waals surface area contributed by atoms with Crippen molar-refractivity contribution in [3.05, 3.63) is 0 Å². The Morgan fingerprint density at radius 3 is 2.25 bits per heavy atom. The molecule has 1 N–H and O–H groups in total. The van der Waals surface area contributed by atoms with Gasteiger partial charge in [0, 0.05) is 18.6 Å². The average molecular weight is 226 g/mol. The molecule has 0 spiro atoms. The van der Waals surface area contributed by atoms with Gasteiger partial charge in [-0.1, -0.05) is 34.6 Å². The van der Waals surface area contributed by atoms with Crippen molar-refractivity contribution in [2.24, 2.45) is 5.41 Å². The third-order valence-electron chi connectivity index (χ3n) is 3.57. The molecule has 0 aliphatic heterocycles. The quantitative estimate of drug-likeness (QED) is 0.718. The molecule has 1 saturated carbocycles. The van der Waals surface area contributed by atoms with E-state index in [0.29, 0.717) is 11.5 Å². The second-order valence-electron chi connectivity index (χ2n) is 6.19. The van der Waals surface area contributed by atoms with Crippen LogP contribution in [0.1, 0.15) is 53.9 Å². The lowest BCUT2D eigenvalue weighted by Gasteiger charge is -2.36. The highest BCUT2D eigenvalue weighted by Gasteiger charge is 2.32. The van der Waals surface area contributed by atoms with Crippen LogP contribution in [-0.2, 0) is 0 Å². The lowest BCUT2D eigenvalue weighted by molar-refractivity contribution is 0.172. The Labute approximate surface area is 102 Å². The molecule has 1 atom stereocenters. The highest BCUT2D eigenvalue weighted by atomic mass is 15.2. The SMILES string of the molecule is CCCNC(CN(CC)C1CC1)C(C)(C)C. The predicted octanol–water partition coefficient (Wildman–Crippen LogP) is 2.89. The fourth-order valence-electron chi connectivity index (χ4n) is 2.17. The molecule has 2 heteroatoms. The molecule has 0 bridgehead atoms. The van der Waals surface area contributed by atoms with Gasteiger partial charge in [-0.05, 0) is 37.8 Å². The normalized spacial score (nSPS) is 19.1. The lowest BCUT2D eigenvalue weighted by atomic mass is 9.86. The molecule has 1 aliphatic rings. The van der Waals surface area contributed by atoms with E-state index >= 15 is 0 Å². The van der Waals surface area contributed by atoms with Gasteiger partial charge in [0.15, 0.2) is 0 Å². The first-order chi connectivity index (χ1) is 7.49. The fourth-order valence-corrected chi connectivity index (χ4v) is 2.17. The molecule has 0 amide bonds. The Morgan fingerprint density at radius 1 is 1.25 bits per heavy atom. The van der Waals surface area contributed by atoms with Crippen LogP contribution in [0.3, 0.4) is 0 Å². The van der Waals surface area contributed by atoms with Gasteiger partial charge < -0.3 is 5.32 Å². The third-order valence-corrected chi connectivity index (χ3v) is 3.57. The maximum absolute atomic E-state index is 3.72. The number of hydrogen-bond donors (Lipinski definition) is 1. The molecule has 0 saturated heterocycles. The van der Waals surface area contributed by atoms with Crippen LogP contribution in [0, 0.1) is 5.41 Å². The molecule has 0 aromatic carbocycles. The zero-order chi connectivity index (χ0) is 12.2. The Morgan fingerprint density at radius 2 is 1.88 bits per heavy atom. The minimum Gasteiger partial charge on any atom is -0.312 e. The molecular weight excluding hydrogens is 196 g/mol. The Bertz CT molecular complexity index is 191. The van der Waals surface area contributed by atoms with Crippen molar-refractivity contribution in [1.29, 1.82) is 0 Å². The van der Waals surface area contributed by atoms with Crippen molar-refractivity contribution in [1.82, 2.24) is 10.2 Å². The first-order valence-electron chi connectivity index (χ1n) is 6.96. The smallest absolute Gasteiger partial charge is 0.0243 e. The van der Waals surface area contributed by atoms with E-state index in [2.05, 4.69) is 44.8 Å². The molecule has 1 fully saturated rings. The average Bonchev–Trinajstić information content (AvgIpc) is 3.00. The Balaban J connectivity index is 2.47. The summed E-state index contributed by atoms with van der Waals surface area (Å²) in [4.78, 5) is 2.65. The highest BCUT2D eigenvalue weighted by molar-refractivity contribution is 4.90. The van der Waals surface area contributed by atoms with Crippen LogP contribution in [-0.4, -0.2) is 36.6 Å². The minimum absolute atomic E-state index is 0.359. The van der Waals surface area contributed by atoms with Crippen LogP contribution in [0.5, 0.6) is 0 Å². The summed E-state index contributed by atoms with van der Waals surface area (Å²) in [6.07, 6.45) is 4.05. The van der Waals surface area contributed by atoms with Crippen molar-refractivity contribution < 1.29 is 0 Å². The van der Waals surface area contributed by atoms with Crippen LogP contribution in [0.25, 0.3) is 0 Å². The second kappa shape index (κ2) is 6.02. The van der Waals surface area contributed by atoms with Crippen molar-refractivity contribution in [3.8, 4) is 0 Å². The van der Waals surface area contributed by atoms with Crippen molar-refractivity contribution in [2.45, 2.75) is 66.0 Å². The fraction of sp³-hybridized carbons (Fsp3) is 1.00. The Kier molecular flexibility index (Phi) is 5.26. The van der Waals surface area contributed by atoms with E-state index in [1.807, 2.05) is 0 Å². The van der Waals surface area contributed by atoms with Gasteiger partial charge in [-0.2, -0.15) is 0 Å². The van der Waals surface area contributed by atoms with E-state index < -0.39 is 0 Å². The van der Waals surface area contributed by atoms with Gasteiger partial charge in [0.05, 0.1) is 0 Å². The van der Waals surface area contributed by atoms with Gasteiger partial charge in [-0.3, -0.25) is 4.90 Å². The van der Waals surface area contributed by atoms with Gasteiger partial charge in [-0.25, -0.2) is 0 Å². The molecule has 1 rings (SSSR count). The summed E-state index contributed by atoms with van der Waals surface area (Å²) in [5.74, 6) is 0. The minimum atomic E-state index is 0.359. The molecule has 0 aromatic heterocycles. The summed E-state index contributed by atoms with van der Waals surface area (Å²) in [5.41, 5.74) is 0.359. The van der Waals surface area contributed by atoms with Crippen molar-refractivity contribution in [2.75, 3.05) is 19.6 Å². The summed E-state index contributed by atoms with van der Waals surface area (Å²) in [5, 5.41) is 3.72. The first-order valence-corrected chi connectivity index (χ1v) is 6.96. The maximum Gasteiger partial charge on any atom is 0.0243 e. The lowest BCUT2D eigenvalue weighted by Crippen LogP contribution is -2.49. The van der Waals surface area contributed by atoms with Crippen molar-refractivity contribution in [3.63, 3.8) is 0 Å². The molecule has 0 aromatic rings. The summed E-state index contributed by atoms with van der Waals surface area (Å²) in [6.45, 7) is 15.1. The summed E-state index contributed by atoms with van der Waals surface area (Å²) in [7, 11) is 0. The topological polar surface area (TPSA) is 15.3 Å². The van der Waals surface area contributed by atoms with E-state index in [1.54, 1.807) is 0 Å². The van der Waals surface area contributed by atoms with Crippen LogP contribution >= 0.6 is 0 Å². The molecule has 1 unspecified atom stereocenters. The van der Waals surface area contributed by atoms with Gasteiger partial charge in [0.1, 0.15) is 0 Å². The van der Waals surface area contributed by atoms with Crippen LogP contribution in [0.4, 0.5) is 0 Å². The zero-order valence-corrected chi connectivity index (χ0v) is 11.8. The van der Waals surface area contributed by atoms with Crippen molar-refractivity contribution >= 4 is 0 Å². The molecule has 0 heterocycles. The van der Waals surface area contributed by atoms with Gasteiger partial charge in [0.25, 0.3) is 0 Å². The number of hydrogen-bond acceptors (Lipinski definition) is 2. The van der Waals surface area contributed by atoms with Crippen LogP contribution in [0.2, 0.25) is 0 Å². The zero-order valence-electron chi connectivity index (χ0n) is 11.8. The number of nitrogens with zero attached hydrogens (tertiary/aromatic N) is 1. The third kappa shape index (κ3) is 4.42. The summed E-state index contributed by atoms with van der Waals surface area (Å²) >= 11 is 0. The van der Waals surface area contributed by atoms with E-state index in [1.165, 1.54) is 32.4 Å². The molecule has 96 valence electrons. The van der Waals surface area contributed by atoms with Crippen LogP contribution < -0.4 is 5.32 Å². The maximum atomic E-state index is 3.72. The van der Waals surface area contributed by atoms with E-state index in [4.69, 9.17) is 0 Å². The number of rotatable bonds is 7. The number of nitrogens with one attached hydrogen (secondary N) is 1. The Hall–Kier alpha value is -0.0800. The first kappa shape index (κ1) is 14.0. The predicted molar refractivity (Wildman–Crippen MR) is 71.8 cm³/mol. The highest BCUT2D eigenvalue weighted by Crippen LogP contribution is 2.29. The molecule has 1 aliphatic carbocycles. The van der Waals surface area contributed by atoms with E-state index in [-0.39, 0.29) is 0 Å². The monoisotopic (exact) mass is 226 g/mol. The summed E-state index contributed by atoms with van der Waals surface area (Å²) in [6, 6.07) is 1.51. The molecular formula is C14H30N2. The second-order valence-corrected chi connectivity index (χ2v) is 6.19. The number of likely N-dealkylation sites (N-methyl/N-ethyl adjacent to an activating group) is 1. The van der Waals surface area contributed by atoms with E-state index in [0.717, 1.165) is 12.6 Å². The standard InChI is InChI=1S/C14H30N2/c1-6-10-15-13(14(3,4)5)11-16(7-2)12-8-9-12/h12-13,15H,6-11H2,1-5H3. The van der Waals surface area contributed by atoms with E-state index in [9.17, 15) is 0 Å². The van der Waals surface area contributed by atoms with Gasteiger partial charge in [0.2, 0.25) is 0 Å². The molecule has 16 heavy (non-hydrogen) atoms. The van der Waals surface area contributed by atoms with Gasteiger partial charge in [-0.15, -0.1) is 0 Å². The molecule has 2 nitrogen and oxygen atoms in total. The molecule has 0 radical (unpaired) electrons. The summed E-state index contributed by atoms with van der Waals surface area (Å²) < 4.78 is 0.